The van der Waals surface area contributed by atoms with Gasteiger partial charge in [0.05, 0.1) is 38.5 Å². The number of aromatic nitrogens is 1. The summed E-state index contributed by atoms with van der Waals surface area (Å²) in [5.41, 5.74) is 1.08. The Bertz CT molecular complexity index is 1410. The molecule has 10 nitrogen and oxygen atoms in total. The molecular formula is C22H24N2O8S3. The molecule has 1 aliphatic heterocycles. The molecular weight excluding hydrogens is 516 g/mol. The van der Waals surface area contributed by atoms with Gasteiger partial charge in [-0.25, -0.2) is 17.7 Å². The van der Waals surface area contributed by atoms with E-state index in [0.29, 0.717) is 29.0 Å². The molecule has 1 aliphatic rings. The van der Waals surface area contributed by atoms with Crippen molar-refractivity contribution in [2.24, 2.45) is 0 Å². The third-order valence-corrected chi connectivity index (χ3v) is 8.51. The van der Waals surface area contributed by atoms with Gasteiger partial charge in [-0.2, -0.15) is 8.42 Å². The molecule has 1 aromatic heterocycles. The number of hydrogen-bond donors (Lipinski definition) is 0. The predicted molar refractivity (Wildman–Crippen MR) is 130 cm³/mol. The van der Waals surface area contributed by atoms with Crippen molar-refractivity contribution >= 4 is 36.6 Å². The van der Waals surface area contributed by atoms with Crippen LogP contribution in [0.25, 0.3) is 0 Å². The summed E-state index contributed by atoms with van der Waals surface area (Å²) in [7, 11) is -4.77. The molecule has 2 heterocycles. The first kappa shape index (κ1) is 25.2. The zero-order valence-corrected chi connectivity index (χ0v) is 21.7. The summed E-state index contributed by atoms with van der Waals surface area (Å²) >= 11 is 1.18. The van der Waals surface area contributed by atoms with E-state index in [4.69, 9.17) is 18.4 Å². The monoisotopic (exact) mass is 540 g/mol. The van der Waals surface area contributed by atoms with Crippen LogP contribution in [0.5, 0.6) is 17.2 Å². The molecule has 0 radical (unpaired) electrons. The summed E-state index contributed by atoms with van der Waals surface area (Å²) < 4.78 is 73.5. The smallest absolute Gasteiger partial charge is 0.266 e. The van der Waals surface area contributed by atoms with Crippen LogP contribution in [-0.4, -0.2) is 48.9 Å². The molecule has 0 amide bonds. The van der Waals surface area contributed by atoms with Crippen LogP contribution in [0.4, 0.5) is 5.13 Å². The highest BCUT2D eigenvalue weighted by atomic mass is 32.2. The van der Waals surface area contributed by atoms with Crippen molar-refractivity contribution in [1.29, 1.82) is 0 Å². The van der Waals surface area contributed by atoms with E-state index in [1.165, 1.54) is 54.3 Å². The zero-order valence-electron chi connectivity index (χ0n) is 19.2. The van der Waals surface area contributed by atoms with E-state index in [-0.39, 0.29) is 28.9 Å². The highest BCUT2D eigenvalue weighted by Gasteiger charge is 2.32. The van der Waals surface area contributed by atoms with Crippen LogP contribution in [0.3, 0.4) is 0 Å². The second-order valence-corrected chi connectivity index (χ2v) is 12.0. The van der Waals surface area contributed by atoms with Gasteiger partial charge in [-0.1, -0.05) is 6.07 Å². The lowest BCUT2D eigenvalue weighted by molar-refractivity contribution is 0.143. The maximum absolute atomic E-state index is 13.8. The van der Waals surface area contributed by atoms with Crippen LogP contribution in [0, 0.1) is 0 Å². The number of anilines is 1. The minimum absolute atomic E-state index is 0.0288. The molecule has 0 unspecified atom stereocenters. The molecule has 0 fully saturated rings. The zero-order chi connectivity index (χ0) is 25.2. The number of nitrogens with zero attached hydrogens (tertiary/aromatic N) is 2. The van der Waals surface area contributed by atoms with E-state index in [0.717, 1.165) is 6.26 Å². The van der Waals surface area contributed by atoms with Crippen LogP contribution in [-0.2, 0) is 30.9 Å². The number of sulfonamides is 1. The molecule has 0 N–H and O–H groups in total. The topological polar surface area (TPSA) is 121 Å². The fraction of sp³-hybridized carbons (Fsp3) is 0.318. The molecule has 0 bridgehead atoms. The van der Waals surface area contributed by atoms with E-state index in [1.807, 2.05) is 0 Å². The van der Waals surface area contributed by atoms with E-state index in [1.54, 1.807) is 23.6 Å². The van der Waals surface area contributed by atoms with Crippen molar-refractivity contribution in [2.75, 3.05) is 31.4 Å². The summed E-state index contributed by atoms with van der Waals surface area (Å²) in [5, 5.41) is 1.96. The van der Waals surface area contributed by atoms with E-state index in [2.05, 4.69) is 4.98 Å². The number of rotatable bonds is 9. The maximum atomic E-state index is 13.8. The number of benzene rings is 2. The normalized spacial score (nSPS) is 15.7. The first-order valence-electron chi connectivity index (χ1n) is 10.4. The number of hydrogen-bond acceptors (Lipinski definition) is 10. The number of methoxy groups -OCH3 is 2. The standard InChI is InChI=1S/C22H24N2O8S3/c1-29-16-5-4-15(20(12-16)30-2)14-24(22-23-9-11-33-22)35(27,28)17-6-7-18-19(32-34(3,25)26)8-10-31-21(18)13-17/h4-7,9,11-13,19H,8,10,14H2,1-3H3/t19-/m1/s1. The van der Waals surface area contributed by atoms with E-state index >= 15 is 0 Å². The molecule has 0 saturated heterocycles. The molecule has 2 aromatic carbocycles. The van der Waals surface area contributed by atoms with Gasteiger partial charge < -0.3 is 14.2 Å². The van der Waals surface area contributed by atoms with E-state index < -0.39 is 26.2 Å². The quantitative estimate of drug-likeness (QED) is 0.376. The molecule has 1 atom stereocenters. The lowest BCUT2D eigenvalue weighted by Crippen LogP contribution is -2.31. The van der Waals surface area contributed by atoms with Gasteiger partial charge in [-0.15, -0.1) is 11.3 Å². The summed E-state index contributed by atoms with van der Waals surface area (Å²) in [5.74, 6) is 1.30. The second kappa shape index (κ2) is 10.0. The summed E-state index contributed by atoms with van der Waals surface area (Å²) in [6, 6.07) is 9.44. The maximum Gasteiger partial charge on any atom is 0.266 e. The Hall–Kier alpha value is -2.87. The largest absolute Gasteiger partial charge is 0.497 e. The Kier molecular flexibility index (Phi) is 7.22. The second-order valence-electron chi connectivity index (χ2n) is 7.63. The van der Waals surface area contributed by atoms with Crippen LogP contribution < -0.4 is 18.5 Å². The first-order chi connectivity index (χ1) is 16.6. The number of ether oxygens (including phenoxy) is 3. The lowest BCUT2D eigenvalue weighted by atomic mass is 10.0. The van der Waals surface area contributed by atoms with Crippen LogP contribution >= 0.6 is 11.3 Å². The van der Waals surface area contributed by atoms with Gasteiger partial charge in [0, 0.05) is 41.3 Å². The third kappa shape index (κ3) is 5.53. The molecule has 13 heteroatoms. The fourth-order valence-corrected chi connectivity index (χ4v) is 6.57. The lowest BCUT2D eigenvalue weighted by Gasteiger charge is -2.27. The van der Waals surface area contributed by atoms with Gasteiger partial charge in [0.15, 0.2) is 5.13 Å². The minimum atomic E-state index is -4.09. The summed E-state index contributed by atoms with van der Waals surface area (Å²) in [4.78, 5) is 4.19. The number of fused-ring (bicyclic) bond motifs is 1. The van der Waals surface area contributed by atoms with Crippen LogP contribution in [0.1, 0.15) is 23.7 Å². The predicted octanol–water partition coefficient (Wildman–Crippen LogP) is 3.36. The summed E-state index contributed by atoms with van der Waals surface area (Å²) in [6.45, 7) is 0.150. The highest BCUT2D eigenvalue weighted by molar-refractivity contribution is 7.93. The Morgan fingerprint density at radius 1 is 1.11 bits per heavy atom. The molecule has 35 heavy (non-hydrogen) atoms. The van der Waals surface area contributed by atoms with Crippen molar-refractivity contribution in [3.05, 3.63) is 59.1 Å². The van der Waals surface area contributed by atoms with Crippen molar-refractivity contribution in [3.63, 3.8) is 0 Å². The van der Waals surface area contributed by atoms with Crippen LogP contribution in [0.15, 0.2) is 52.9 Å². The molecule has 0 spiro atoms. The van der Waals surface area contributed by atoms with Gasteiger partial charge in [0.1, 0.15) is 23.4 Å². The van der Waals surface area contributed by atoms with Crippen molar-refractivity contribution < 1.29 is 35.2 Å². The summed E-state index contributed by atoms with van der Waals surface area (Å²) in [6.07, 6.45) is 2.08. The molecule has 0 aliphatic carbocycles. The number of thiazole rings is 1. The van der Waals surface area contributed by atoms with Crippen molar-refractivity contribution in [1.82, 2.24) is 4.98 Å². The fourth-order valence-electron chi connectivity index (χ4n) is 3.67. The van der Waals surface area contributed by atoms with Gasteiger partial charge in [0.25, 0.3) is 20.1 Å². The SMILES string of the molecule is COc1ccc(CN(c2nccs2)S(=O)(=O)c2ccc3c(c2)OCC[C@H]3OS(C)(=O)=O)c(OC)c1. The first-order valence-corrected chi connectivity index (χ1v) is 14.5. The van der Waals surface area contributed by atoms with Crippen molar-refractivity contribution in [3.8, 4) is 17.2 Å². The Labute approximate surface area is 208 Å². The van der Waals surface area contributed by atoms with Gasteiger partial charge in [-0.3, -0.25) is 4.18 Å². The van der Waals surface area contributed by atoms with E-state index in [9.17, 15) is 16.8 Å². The van der Waals surface area contributed by atoms with Gasteiger partial charge in [-0.05, 0) is 18.2 Å². The minimum Gasteiger partial charge on any atom is -0.497 e. The van der Waals surface area contributed by atoms with Crippen molar-refractivity contribution in [2.45, 2.75) is 24.0 Å². The van der Waals surface area contributed by atoms with Gasteiger partial charge in [0.2, 0.25) is 0 Å². The van der Waals surface area contributed by atoms with Crippen LogP contribution in [0.2, 0.25) is 0 Å². The Balaban J connectivity index is 1.73. The molecule has 4 rings (SSSR count). The Morgan fingerprint density at radius 3 is 2.57 bits per heavy atom. The highest BCUT2D eigenvalue weighted by Crippen LogP contribution is 2.38. The Morgan fingerprint density at radius 2 is 1.91 bits per heavy atom. The molecule has 3 aromatic rings. The third-order valence-electron chi connectivity index (χ3n) is 5.29. The molecule has 188 valence electrons. The van der Waals surface area contributed by atoms with Gasteiger partial charge >= 0.3 is 0 Å². The average molecular weight is 541 g/mol. The average Bonchev–Trinajstić information content (AvgIpc) is 3.35. The molecule has 0 saturated carbocycles.